The van der Waals surface area contributed by atoms with Crippen LogP contribution in [0.5, 0.6) is 0 Å². The monoisotopic (exact) mass is 362 g/mol. The Hall–Kier alpha value is -0.480. The Morgan fingerprint density at radius 3 is 0.958 bits per heavy atom. The van der Waals surface area contributed by atoms with Crippen LogP contribution >= 0.6 is 0 Å². The van der Waals surface area contributed by atoms with Crippen LogP contribution in [0.3, 0.4) is 0 Å². The highest BCUT2D eigenvalue weighted by molar-refractivity contribution is 4.81. The maximum Gasteiger partial charge on any atom is 0.111 e. The number of rotatable bonds is 13. The molecule has 0 aliphatic carbocycles. The fraction of sp³-hybridized carbons (Fsp3) is 1.00. The molecule has 0 bridgehead atoms. The molecule has 0 unspecified atom stereocenters. The van der Waals surface area contributed by atoms with Crippen molar-refractivity contribution in [3.8, 4) is 0 Å². The Morgan fingerprint density at radius 2 is 0.708 bits per heavy atom. The van der Waals surface area contributed by atoms with Crippen molar-refractivity contribution in [2.24, 2.45) is 0 Å². The number of hydrogen-bond donors (Lipinski definition) is 10. The minimum absolute atomic E-state index is 0.693. The molecule has 0 aromatic heterocycles. The van der Waals surface area contributed by atoms with Crippen molar-refractivity contribution >= 4 is 0 Å². The third kappa shape index (κ3) is 7.60. The number of aliphatic hydroxyl groups excluding tert-OH is 10. The molecule has 0 radical (unpaired) electrons. The first-order valence-electron chi connectivity index (χ1n) is 7.08. The molecule has 0 amide bonds. The Balaban J connectivity index is 4.11. The van der Waals surface area contributed by atoms with Crippen LogP contribution in [-0.4, -0.2) is 126 Å². The lowest BCUT2D eigenvalue weighted by Gasteiger charge is -2.26. The molecule has 146 valence electrons. The van der Waals surface area contributed by atoms with Gasteiger partial charge in [0.2, 0.25) is 0 Å². The van der Waals surface area contributed by atoms with Crippen LogP contribution in [0.1, 0.15) is 0 Å². The van der Waals surface area contributed by atoms with E-state index in [4.69, 9.17) is 20.4 Å². The van der Waals surface area contributed by atoms with E-state index in [1.54, 1.807) is 0 Å². The van der Waals surface area contributed by atoms with Gasteiger partial charge in [-0.05, 0) is 0 Å². The van der Waals surface area contributed by atoms with Gasteiger partial charge in [0.1, 0.15) is 62.0 Å². The molecular formula is C12H26O12. The predicted octanol–water partition coefficient (Wildman–Crippen LogP) is -6.19. The molecule has 0 aliphatic heterocycles. The average molecular weight is 362 g/mol. The molecule has 0 heterocycles. The van der Waals surface area contributed by atoms with Crippen LogP contribution in [0.2, 0.25) is 0 Å². The van der Waals surface area contributed by atoms with E-state index in [9.17, 15) is 30.6 Å². The molecule has 0 rings (SSSR count). The zero-order valence-corrected chi connectivity index (χ0v) is 12.7. The third-order valence-corrected chi connectivity index (χ3v) is 3.21. The molecule has 0 saturated carbocycles. The Kier molecular flexibility index (Phi) is 11.7. The first-order chi connectivity index (χ1) is 11.2. The highest BCUT2D eigenvalue weighted by atomic mass is 17.2. The molecule has 0 aromatic carbocycles. The topological polar surface area (TPSA) is 221 Å². The van der Waals surface area contributed by atoms with E-state index in [1.165, 1.54) is 0 Å². The summed E-state index contributed by atoms with van der Waals surface area (Å²) in [6.45, 7) is -3.06. The fourth-order valence-electron chi connectivity index (χ4n) is 1.56. The zero-order valence-electron chi connectivity index (χ0n) is 12.7. The molecule has 0 aromatic rings. The predicted molar refractivity (Wildman–Crippen MR) is 74.1 cm³/mol. The van der Waals surface area contributed by atoms with Gasteiger partial charge in [0.05, 0.1) is 13.2 Å². The highest BCUT2D eigenvalue weighted by Crippen LogP contribution is 2.08. The van der Waals surface area contributed by atoms with E-state index in [0.29, 0.717) is 0 Å². The second kappa shape index (κ2) is 12.0. The van der Waals surface area contributed by atoms with Crippen molar-refractivity contribution < 1.29 is 60.8 Å². The van der Waals surface area contributed by atoms with E-state index >= 15 is 0 Å². The van der Waals surface area contributed by atoms with Crippen molar-refractivity contribution in [3.63, 3.8) is 0 Å². The van der Waals surface area contributed by atoms with Gasteiger partial charge < -0.3 is 51.1 Å². The van der Waals surface area contributed by atoms with E-state index in [1.807, 2.05) is 0 Å². The van der Waals surface area contributed by atoms with Gasteiger partial charge in [0, 0.05) is 0 Å². The SMILES string of the molecule is OC[C@@H](O)[C@@H](O)[C@H](O)[C@H](O)COOC[C@@H](O)[C@@H](O)[C@H](O)[C@H](O)CO. The summed E-state index contributed by atoms with van der Waals surface area (Å²) in [5.74, 6) is 0. The largest absolute Gasteiger partial charge is 0.394 e. The van der Waals surface area contributed by atoms with Crippen molar-refractivity contribution in [1.29, 1.82) is 0 Å². The maximum atomic E-state index is 9.48. The summed E-state index contributed by atoms with van der Waals surface area (Å²) in [5, 5.41) is 92.0. The summed E-state index contributed by atoms with van der Waals surface area (Å²) in [6.07, 6.45) is -14.1. The van der Waals surface area contributed by atoms with E-state index in [-0.39, 0.29) is 0 Å². The van der Waals surface area contributed by atoms with Crippen LogP contribution in [-0.2, 0) is 9.78 Å². The Labute approximate surface area is 137 Å². The van der Waals surface area contributed by atoms with Gasteiger partial charge in [-0.15, -0.1) is 0 Å². The number of aliphatic hydroxyl groups is 10. The quantitative estimate of drug-likeness (QED) is 0.0839. The molecule has 8 atom stereocenters. The maximum absolute atomic E-state index is 9.48. The normalized spacial score (nSPS) is 22.2. The third-order valence-electron chi connectivity index (χ3n) is 3.21. The molecule has 0 aliphatic rings. The summed E-state index contributed by atoms with van der Waals surface area (Å²) in [5.41, 5.74) is 0. The fourth-order valence-corrected chi connectivity index (χ4v) is 1.56. The minimum atomic E-state index is -1.85. The molecule has 10 N–H and O–H groups in total. The molecule has 12 nitrogen and oxygen atoms in total. The lowest BCUT2D eigenvalue weighted by molar-refractivity contribution is -0.325. The van der Waals surface area contributed by atoms with Crippen LogP contribution in [0.25, 0.3) is 0 Å². The van der Waals surface area contributed by atoms with Crippen molar-refractivity contribution in [2.45, 2.75) is 48.8 Å². The number of hydrogen-bond acceptors (Lipinski definition) is 12. The van der Waals surface area contributed by atoms with Crippen LogP contribution < -0.4 is 0 Å². The lowest BCUT2D eigenvalue weighted by Crippen LogP contribution is -2.48. The van der Waals surface area contributed by atoms with E-state index in [2.05, 4.69) is 9.78 Å². The molecule has 12 heteroatoms. The molecule has 0 saturated heterocycles. The summed E-state index contributed by atoms with van der Waals surface area (Å²) in [7, 11) is 0. The second-order valence-electron chi connectivity index (χ2n) is 5.17. The van der Waals surface area contributed by atoms with Gasteiger partial charge in [0.15, 0.2) is 0 Å². The van der Waals surface area contributed by atoms with Gasteiger partial charge in [-0.2, -0.15) is 0 Å². The standard InChI is InChI=1S/C12H26O12/c13-1-5(15)9(19)11(21)7(17)3-23-24-4-8(18)12(22)10(20)6(16)2-14/h5-22H,1-4H2/t5-,6-,7-,8-,9-,10-,11-,12-/m1/s1. The van der Waals surface area contributed by atoms with E-state index < -0.39 is 75.3 Å². The van der Waals surface area contributed by atoms with Crippen molar-refractivity contribution in [2.75, 3.05) is 26.4 Å². The molecule has 0 fully saturated rings. The van der Waals surface area contributed by atoms with Crippen LogP contribution in [0, 0.1) is 0 Å². The Bertz CT molecular complexity index is 288. The average Bonchev–Trinajstić information content (AvgIpc) is 2.60. The van der Waals surface area contributed by atoms with Gasteiger partial charge in [-0.1, -0.05) is 0 Å². The van der Waals surface area contributed by atoms with Gasteiger partial charge in [-0.3, -0.25) is 0 Å². The van der Waals surface area contributed by atoms with Gasteiger partial charge in [0.25, 0.3) is 0 Å². The summed E-state index contributed by atoms with van der Waals surface area (Å²) in [4.78, 5) is 8.88. The Morgan fingerprint density at radius 1 is 0.458 bits per heavy atom. The first kappa shape index (κ1) is 23.5. The van der Waals surface area contributed by atoms with Gasteiger partial charge >= 0.3 is 0 Å². The first-order valence-corrected chi connectivity index (χ1v) is 7.08. The molecule has 0 spiro atoms. The zero-order chi connectivity index (χ0) is 18.9. The van der Waals surface area contributed by atoms with Crippen molar-refractivity contribution in [1.82, 2.24) is 0 Å². The molecular weight excluding hydrogens is 336 g/mol. The van der Waals surface area contributed by atoms with Crippen LogP contribution in [0.15, 0.2) is 0 Å². The second-order valence-corrected chi connectivity index (χ2v) is 5.17. The summed E-state index contributed by atoms with van der Waals surface area (Å²) in [6, 6.07) is 0. The smallest absolute Gasteiger partial charge is 0.111 e. The molecule has 24 heavy (non-hydrogen) atoms. The lowest BCUT2D eigenvalue weighted by atomic mass is 10.0. The summed E-state index contributed by atoms with van der Waals surface area (Å²) >= 11 is 0. The van der Waals surface area contributed by atoms with E-state index in [0.717, 1.165) is 0 Å². The van der Waals surface area contributed by atoms with Gasteiger partial charge in [-0.25, -0.2) is 9.78 Å². The minimum Gasteiger partial charge on any atom is -0.394 e. The highest BCUT2D eigenvalue weighted by Gasteiger charge is 2.32. The summed E-state index contributed by atoms with van der Waals surface area (Å²) < 4.78 is 0. The van der Waals surface area contributed by atoms with Crippen LogP contribution in [0.4, 0.5) is 0 Å². The van der Waals surface area contributed by atoms with Crippen molar-refractivity contribution in [3.05, 3.63) is 0 Å².